The monoisotopic (exact) mass is 249 g/mol. The first-order chi connectivity index (χ1) is 8.23. The van der Waals surface area contributed by atoms with E-state index in [2.05, 4.69) is 41.2 Å². The van der Waals surface area contributed by atoms with E-state index in [0.29, 0.717) is 0 Å². The van der Waals surface area contributed by atoms with Crippen molar-refractivity contribution < 1.29 is 0 Å². The van der Waals surface area contributed by atoms with Crippen molar-refractivity contribution >= 4 is 11.6 Å². The molecule has 17 heavy (non-hydrogen) atoms. The van der Waals surface area contributed by atoms with Crippen molar-refractivity contribution in [2.24, 2.45) is 0 Å². The number of halogens is 1. The fourth-order valence-electron chi connectivity index (χ4n) is 2.34. The van der Waals surface area contributed by atoms with Crippen LogP contribution in [0.25, 0.3) is 0 Å². The van der Waals surface area contributed by atoms with E-state index < -0.39 is 0 Å². The van der Waals surface area contributed by atoms with Crippen molar-refractivity contribution in [1.29, 1.82) is 0 Å². The molecule has 0 spiro atoms. The fourth-order valence-corrected chi connectivity index (χ4v) is 2.47. The third-order valence-corrected chi connectivity index (χ3v) is 3.61. The lowest BCUT2D eigenvalue weighted by Crippen LogP contribution is -2.27. The van der Waals surface area contributed by atoms with Crippen LogP contribution in [0.4, 0.5) is 0 Å². The minimum absolute atomic E-state index is 0.124. The molecule has 3 nitrogen and oxygen atoms in total. The Balaban J connectivity index is 2.53. The fraction of sp³-hybridized carbons (Fsp3) is 0.385. The summed E-state index contributed by atoms with van der Waals surface area (Å²) in [4.78, 5) is 4.30. The third kappa shape index (κ3) is 2.07. The standard InChI is InChI=1S/C13H16ClN3/c1-3-13(4-2,10-8-6-5-7-9-10)11-15-12(14)17-16-11/h5-9H,3-4H2,1-2H3,(H,15,16,17). The Labute approximate surface area is 106 Å². The smallest absolute Gasteiger partial charge is 0.242 e. The van der Waals surface area contributed by atoms with Gasteiger partial charge in [0, 0.05) is 0 Å². The quantitative estimate of drug-likeness (QED) is 0.900. The molecule has 1 aromatic carbocycles. The molecule has 1 N–H and O–H groups in total. The summed E-state index contributed by atoms with van der Waals surface area (Å²) in [6.45, 7) is 4.32. The van der Waals surface area contributed by atoms with E-state index in [1.54, 1.807) is 0 Å². The molecule has 0 saturated heterocycles. The lowest BCUT2D eigenvalue weighted by atomic mass is 9.75. The molecule has 0 aliphatic rings. The van der Waals surface area contributed by atoms with Gasteiger partial charge in [-0.05, 0) is 30.0 Å². The number of benzene rings is 1. The van der Waals surface area contributed by atoms with E-state index in [-0.39, 0.29) is 10.7 Å². The molecule has 1 aromatic heterocycles. The van der Waals surface area contributed by atoms with Crippen molar-refractivity contribution in [2.45, 2.75) is 32.1 Å². The molecule has 2 aromatic rings. The van der Waals surface area contributed by atoms with Crippen molar-refractivity contribution in [3.63, 3.8) is 0 Å². The Morgan fingerprint density at radius 2 is 1.82 bits per heavy atom. The molecular formula is C13H16ClN3. The average Bonchev–Trinajstić information content (AvgIpc) is 2.80. The Morgan fingerprint density at radius 1 is 1.18 bits per heavy atom. The first-order valence-corrected chi connectivity index (χ1v) is 6.24. The number of aromatic amines is 1. The van der Waals surface area contributed by atoms with E-state index in [4.69, 9.17) is 11.6 Å². The number of hydrogen-bond acceptors (Lipinski definition) is 2. The molecule has 0 fully saturated rings. The van der Waals surface area contributed by atoms with Crippen molar-refractivity contribution in [2.75, 3.05) is 0 Å². The van der Waals surface area contributed by atoms with Crippen LogP contribution in [0.3, 0.4) is 0 Å². The predicted molar refractivity (Wildman–Crippen MR) is 69.2 cm³/mol. The van der Waals surface area contributed by atoms with Crippen LogP contribution in [0.1, 0.15) is 38.1 Å². The molecule has 90 valence electrons. The van der Waals surface area contributed by atoms with Gasteiger partial charge < -0.3 is 0 Å². The maximum Gasteiger partial charge on any atom is 0.242 e. The summed E-state index contributed by atoms with van der Waals surface area (Å²) in [5.41, 5.74) is 1.12. The number of hydrogen-bond donors (Lipinski definition) is 1. The molecule has 0 atom stereocenters. The summed E-state index contributed by atoms with van der Waals surface area (Å²) >= 11 is 5.81. The minimum atomic E-state index is -0.124. The zero-order valence-corrected chi connectivity index (χ0v) is 10.8. The average molecular weight is 250 g/mol. The maximum absolute atomic E-state index is 5.81. The van der Waals surface area contributed by atoms with Gasteiger partial charge in [0.05, 0.1) is 5.41 Å². The zero-order valence-electron chi connectivity index (χ0n) is 10.1. The normalized spacial score (nSPS) is 11.7. The second-order valence-corrected chi connectivity index (χ2v) is 4.45. The topological polar surface area (TPSA) is 41.6 Å². The molecule has 0 aliphatic carbocycles. The molecule has 0 bridgehead atoms. The Kier molecular flexibility index (Phi) is 3.48. The highest BCUT2D eigenvalue weighted by Crippen LogP contribution is 2.36. The maximum atomic E-state index is 5.81. The highest BCUT2D eigenvalue weighted by molar-refractivity contribution is 6.28. The van der Waals surface area contributed by atoms with Gasteiger partial charge >= 0.3 is 0 Å². The summed E-state index contributed by atoms with van der Waals surface area (Å²) in [5, 5.41) is 7.17. The molecular weight excluding hydrogens is 234 g/mol. The number of H-pyrrole nitrogens is 1. The van der Waals surface area contributed by atoms with Gasteiger partial charge in [-0.3, -0.25) is 5.10 Å². The van der Waals surface area contributed by atoms with Gasteiger partial charge in [-0.1, -0.05) is 44.2 Å². The van der Waals surface area contributed by atoms with Gasteiger partial charge in [0.2, 0.25) is 5.28 Å². The summed E-state index contributed by atoms with van der Waals surface area (Å²) < 4.78 is 0. The number of nitrogens with zero attached hydrogens (tertiary/aromatic N) is 2. The molecule has 0 amide bonds. The molecule has 0 unspecified atom stereocenters. The van der Waals surface area contributed by atoms with Crippen LogP contribution in [0.2, 0.25) is 5.28 Å². The molecule has 0 aliphatic heterocycles. The van der Waals surface area contributed by atoms with E-state index >= 15 is 0 Å². The van der Waals surface area contributed by atoms with Crippen LogP contribution in [-0.2, 0) is 5.41 Å². The lowest BCUT2D eigenvalue weighted by molar-refractivity contribution is 0.451. The van der Waals surface area contributed by atoms with Crippen LogP contribution < -0.4 is 0 Å². The van der Waals surface area contributed by atoms with Crippen LogP contribution >= 0.6 is 11.6 Å². The van der Waals surface area contributed by atoms with Gasteiger partial charge in [0.1, 0.15) is 5.82 Å². The second kappa shape index (κ2) is 4.88. The van der Waals surface area contributed by atoms with Crippen LogP contribution in [-0.4, -0.2) is 15.2 Å². The van der Waals surface area contributed by atoms with Gasteiger partial charge in [-0.2, -0.15) is 0 Å². The minimum Gasteiger partial charge on any atom is -0.261 e. The van der Waals surface area contributed by atoms with Gasteiger partial charge in [0.25, 0.3) is 0 Å². The van der Waals surface area contributed by atoms with Gasteiger partial charge in [-0.25, -0.2) is 4.98 Å². The largest absolute Gasteiger partial charge is 0.261 e. The van der Waals surface area contributed by atoms with E-state index in [1.807, 2.05) is 18.2 Å². The predicted octanol–water partition coefficient (Wildman–Crippen LogP) is 3.56. The summed E-state index contributed by atoms with van der Waals surface area (Å²) in [6, 6.07) is 10.4. The van der Waals surface area contributed by atoms with E-state index in [9.17, 15) is 0 Å². The molecule has 0 radical (unpaired) electrons. The Hall–Kier alpha value is -1.35. The second-order valence-electron chi connectivity index (χ2n) is 4.11. The first-order valence-electron chi connectivity index (χ1n) is 5.87. The van der Waals surface area contributed by atoms with Crippen molar-refractivity contribution in [1.82, 2.24) is 15.2 Å². The van der Waals surface area contributed by atoms with E-state index in [1.165, 1.54) is 5.56 Å². The summed E-state index contributed by atoms with van der Waals surface area (Å²) in [5.74, 6) is 0.846. The van der Waals surface area contributed by atoms with Crippen molar-refractivity contribution in [3.05, 3.63) is 47.0 Å². The zero-order chi connectivity index (χ0) is 12.3. The van der Waals surface area contributed by atoms with Crippen LogP contribution in [0.15, 0.2) is 30.3 Å². The number of aromatic nitrogens is 3. The molecule has 2 rings (SSSR count). The summed E-state index contributed by atoms with van der Waals surface area (Å²) in [7, 11) is 0. The first kappa shape index (κ1) is 12.1. The SMILES string of the molecule is CCC(CC)(c1ccccc1)c1nc(Cl)n[nH]1. The van der Waals surface area contributed by atoms with Gasteiger partial charge in [0.15, 0.2) is 0 Å². The Morgan fingerprint density at radius 3 is 2.29 bits per heavy atom. The van der Waals surface area contributed by atoms with Crippen molar-refractivity contribution in [3.8, 4) is 0 Å². The summed E-state index contributed by atoms with van der Waals surface area (Å²) in [6.07, 6.45) is 1.91. The van der Waals surface area contributed by atoms with Gasteiger partial charge in [-0.15, -0.1) is 5.10 Å². The molecule has 4 heteroatoms. The van der Waals surface area contributed by atoms with Crippen LogP contribution in [0, 0.1) is 0 Å². The molecule has 0 saturated carbocycles. The molecule has 1 heterocycles. The number of nitrogens with one attached hydrogen (secondary N) is 1. The highest BCUT2D eigenvalue weighted by atomic mass is 35.5. The van der Waals surface area contributed by atoms with E-state index in [0.717, 1.165) is 18.7 Å². The van der Waals surface area contributed by atoms with Crippen LogP contribution in [0.5, 0.6) is 0 Å². The third-order valence-electron chi connectivity index (χ3n) is 3.44. The number of rotatable bonds is 4. The lowest BCUT2D eigenvalue weighted by Gasteiger charge is -2.29. The Bertz CT molecular complexity index is 474. The highest BCUT2D eigenvalue weighted by Gasteiger charge is 2.33.